The van der Waals surface area contributed by atoms with Crippen molar-refractivity contribution >= 4 is 11.4 Å². The van der Waals surface area contributed by atoms with Crippen molar-refractivity contribution in [2.24, 2.45) is 10.2 Å². The van der Waals surface area contributed by atoms with Crippen LogP contribution in [0.2, 0.25) is 0 Å². The predicted octanol–water partition coefficient (Wildman–Crippen LogP) is 6.03. The molecule has 0 heterocycles. The minimum atomic E-state index is -0.0792. The molecule has 0 unspecified atom stereocenters. The Morgan fingerprint density at radius 3 is 2.28 bits per heavy atom. The molecule has 0 fully saturated rings. The van der Waals surface area contributed by atoms with Gasteiger partial charge in [0.15, 0.2) is 5.69 Å². The first-order valence-electron chi connectivity index (χ1n) is 8.75. The summed E-state index contributed by atoms with van der Waals surface area (Å²) in [7, 11) is 1.60. The zero-order valence-electron chi connectivity index (χ0n) is 14.9. The minimum Gasteiger partial charge on any atom is -0.505 e. The second-order valence-corrected chi connectivity index (χ2v) is 6.00. The van der Waals surface area contributed by atoms with Crippen molar-refractivity contribution in [3.63, 3.8) is 0 Å². The lowest BCUT2D eigenvalue weighted by atomic mass is 10.0. The van der Waals surface area contributed by atoms with Gasteiger partial charge < -0.3 is 14.9 Å². The number of methoxy groups -OCH3 is 1. The van der Waals surface area contributed by atoms with Gasteiger partial charge in [-0.2, -0.15) is 5.11 Å². The highest BCUT2D eigenvalue weighted by Crippen LogP contribution is 2.40. The number of ether oxygens (including phenoxy) is 1. The number of phenolic OH excluding ortho intramolecular Hbond substituents is 2. The van der Waals surface area contributed by atoms with Crippen molar-refractivity contribution in [3.8, 4) is 17.2 Å². The zero-order valence-corrected chi connectivity index (χ0v) is 14.9. The maximum Gasteiger partial charge on any atom is 0.169 e. The maximum absolute atomic E-state index is 10.4. The van der Waals surface area contributed by atoms with E-state index >= 15 is 0 Å². The van der Waals surface area contributed by atoms with E-state index in [9.17, 15) is 10.2 Å². The Kier molecular flexibility index (Phi) is 7.26. The van der Waals surface area contributed by atoms with Gasteiger partial charge in [-0.3, -0.25) is 0 Å². The first-order chi connectivity index (χ1) is 12.2. The van der Waals surface area contributed by atoms with Crippen LogP contribution in [0.3, 0.4) is 0 Å². The molecule has 0 atom stereocenters. The highest BCUT2D eigenvalue weighted by atomic mass is 16.5. The first kappa shape index (κ1) is 18.8. The highest BCUT2D eigenvalue weighted by Gasteiger charge is 2.12. The van der Waals surface area contributed by atoms with Crippen LogP contribution >= 0.6 is 0 Å². The number of azo groups is 1. The molecule has 0 aromatic heterocycles. The maximum atomic E-state index is 10.4. The third kappa shape index (κ3) is 5.48. The quantitative estimate of drug-likeness (QED) is 0.431. The van der Waals surface area contributed by atoms with Gasteiger partial charge in [0, 0.05) is 0 Å². The minimum absolute atomic E-state index is 0.00718. The molecule has 0 radical (unpaired) electrons. The molecule has 2 rings (SSSR count). The van der Waals surface area contributed by atoms with E-state index < -0.39 is 0 Å². The summed E-state index contributed by atoms with van der Waals surface area (Å²) in [6.45, 7) is 2.19. The molecule has 0 spiro atoms. The van der Waals surface area contributed by atoms with Crippen molar-refractivity contribution in [3.05, 3.63) is 42.0 Å². The molecule has 2 N–H and O–H groups in total. The monoisotopic (exact) mass is 342 g/mol. The number of nitrogens with zero attached hydrogens (tertiary/aromatic N) is 2. The Morgan fingerprint density at radius 2 is 1.60 bits per heavy atom. The normalized spacial score (nSPS) is 11.1. The Morgan fingerprint density at radius 1 is 0.880 bits per heavy atom. The Hall–Kier alpha value is -2.56. The van der Waals surface area contributed by atoms with Crippen LogP contribution in [0.25, 0.3) is 0 Å². The molecular formula is C20H26N2O3. The molecule has 25 heavy (non-hydrogen) atoms. The van der Waals surface area contributed by atoms with E-state index in [-0.39, 0.29) is 17.2 Å². The van der Waals surface area contributed by atoms with Crippen LogP contribution in [0, 0.1) is 0 Å². The molecule has 0 saturated heterocycles. The van der Waals surface area contributed by atoms with Crippen molar-refractivity contribution in [1.82, 2.24) is 0 Å². The van der Waals surface area contributed by atoms with Gasteiger partial charge in [-0.15, -0.1) is 5.11 Å². The summed E-state index contributed by atoms with van der Waals surface area (Å²) in [6.07, 6.45) is 6.56. The Bertz CT molecular complexity index is 697. The molecule has 5 nitrogen and oxygen atoms in total. The molecule has 0 aliphatic rings. The summed E-state index contributed by atoms with van der Waals surface area (Å²) in [6, 6.07) is 10.4. The van der Waals surface area contributed by atoms with Gasteiger partial charge >= 0.3 is 0 Å². The van der Waals surface area contributed by atoms with Gasteiger partial charge in [0.05, 0.1) is 12.8 Å². The summed E-state index contributed by atoms with van der Waals surface area (Å²) in [5.74, 6) is 0.659. The van der Waals surface area contributed by atoms with Crippen molar-refractivity contribution < 1.29 is 14.9 Å². The molecule has 0 amide bonds. The number of hydrogen-bond acceptors (Lipinski definition) is 5. The topological polar surface area (TPSA) is 74.4 Å². The third-order valence-corrected chi connectivity index (χ3v) is 4.10. The number of aromatic hydroxyl groups is 2. The fraction of sp³-hybridized carbons (Fsp3) is 0.400. The predicted molar refractivity (Wildman–Crippen MR) is 99.4 cm³/mol. The van der Waals surface area contributed by atoms with Gasteiger partial charge in [0.1, 0.15) is 17.2 Å². The summed E-state index contributed by atoms with van der Waals surface area (Å²) in [5.41, 5.74) is 1.52. The summed E-state index contributed by atoms with van der Waals surface area (Å²) >= 11 is 0. The van der Waals surface area contributed by atoms with E-state index in [1.165, 1.54) is 19.3 Å². The lowest BCUT2D eigenvalue weighted by molar-refractivity contribution is 0.415. The highest BCUT2D eigenvalue weighted by molar-refractivity contribution is 5.64. The summed E-state index contributed by atoms with van der Waals surface area (Å²) in [4.78, 5) is 0. The number of hydrogen-bond donors (Lipinski definition) is 2. The van der Waals surface area contributed by atoms with E-state index in [0.717, 1.165) is 30.6 Å². The van der Waals surface area contributed by atoms with E-state index in [4.69, 9.17) is 4.74 Å². The van der Waals surface area contributed by atoms with Crippen LogP contribution in [-0.4, -0.2) is 17.3 Å². The molecule has 0 saturated carbocycles. The van der Waals surface area contributed by atoms with Crippen molar-refractivity contribution in [1.29, 1.82) is 0 Å². The van der Waals surface area contributed by atoms with E-state index in [1.807, 2.05) is 0 Å². The second-order valence-electron chi connectivity index (χ2n) is 6.00. The van der Waals surface area contributed by atoms with E-state index in [2.05, 4.69) is 17.2 Å². The molecule has 0 aliphatic heterocycles. The van der Waals surface area contributed by atoms with E-state index in [0.29, 0.717) is 5.69 Å². The van der Waals surface area contributed by atoms with Crippen LogP contribution < -0.4 is 4.74 Å². The Balaban J connectivity index is 2.08. The lowest BCUT2D eigenvalue weighted by Crippen LogP contribution is -1.88. The molecule has 2 aromatic carbocycles. The largest absolute Gasteiger partial charge is 0.505 e. The smallest absolute Gasteiger partial charge is 0.169 e. The average molecular weight is 342 g/mol. The van der Waals surface area contributed by atoms with Crippen LogP contribution in [0.5, 0.6) is 17.2 Å². The summed E-state index contributed by atoms with van der Waals surface area (Å²) < 4.78 is 5.10. The molecule has 2 aromatic rings. The van der Waals surface area contributed by atoms with Gasteiger partial charge in [0.2, 0.25) is 0 Å². The van der Waals surface area contributed by atoms with Crippen LogP contribution in [0.4, 0.5) is 11.4 Å². The van der Waals surface area contributed by atoms with Crippen molar-refractivity contribution in [2.75, 3.05) is 7.11 Å². The van der Waals surface area contributed by atoms with Crippen LogP contribution in [0.1, 0.15) is 44.6 Å². The van der Waals surface area contributed by atoms with Crippen LogP contribution in [0.15, 0.2) is 46.6 Å². The number of aryl methyl sites for hydroxylation is 1. The van der Waals surface area contributed by atoms with Gasteiger partial charge in [0.25, 0.3) is 0 Å². The zero-order chi connectivity index (χ0) is 18.1. The fourth-order valence-corrected chi connectivity index (χ4v) is 2.59. The fourth-order valence-electron chi connectivity index (χ4n) is 2.59. The number of phenols is 2. The van der Waals surface area contributed by atoms with Crippen LogP contribution in [-0.2, 0) is 6.42 Å². The molecular weight excluding hydrogens is 316 g/mol. The molecule has 134 valence electrons. The van der Waals surface area contributed by atoms with Crippen molar-refractivity contribution in [2.45, 2.75) is 45.4 Å². The standard InChI is InChI=1S/C20H26N2O3/c1-3-4-5-6-7-8-15-9-14-18(23)19(20(15)24)22-21-16-10-12-17(25-2)13-11-16/h9-14,23-24H,3-8H2,1-2H3. The molecule has 0 aliphatic carbocycles. The number of unbranched alkanes of at least 4 members (excludes halogenated alkanes) is 4. The lowest BCUT2D eigenvalue weighted by Gasteiger charge is -2.08. The first-order valence-corrected chi connectivity index (χ1v) is 8.75. The summed E-state index contributed by atoms with van der Waals surface area (Å²) in [5, 5.41) is 28.5. The molecule has 5 heteroatoms. The SMILES string of the molecule is CCCCCCCc1ccc(O)c(N=Nc2ccc(OC)cc2)c1O. The van der Waals surface area contributed by atoms with Gasteiger partial charge in [-0.1, -0.05) is 38.7 Å². The average Bonchev–Trinajstić information content (AvgIpc) is 2.63. The number of benzene rings is 2. The second kappa shape index (κ2) is 9.67. The van der Waals surface area contributed by atoms with E-state index in [1.54, 1.807) is 43.5 Å². The number of rotatable bonds is 9. The van der Waals surface area contributed by atoms with Gasteiger partial charge in [-0.25, -0.2) is 0 Å². The third-order valence-electron chi connectivity index (χ3n) is 4.10. The van der Waals surface area contributed by atoms with Gasteiger partial charge in [-0.05, 0) is 48.7 Å². The molecule has 0 bridgehead atoms. The Labute approximate surface area is 149 Å².